The minimum absolute atomic E-state index is 0.0288. The molecule has 3 aromatic rings. The SMILES string of the molecule is COc1ccc(S(=O)(=O)N(CC(=O)N(Cc2cccc(OC)c2)C(C)C(=O)NC(C)(C)C)c2ccc(Cl)cc2)cc1. The molecule has 11 heteroatoms. The van der Waals surface area contributed by atoms with Crippen molar-refractivity contribution >= 4 is 39.1 Å². The van der Waals surface area contributed by atoms with Crippen molar-refractivity contribution in [2.45, 2.75) is 50.7 Å². The van der Waals surface area contributed by atoms with E-state index < -0.39 is 34.1 Å². The summed E-state index contributed by atoms with van der Waals surface area (Å²) in [6, 6.07) is 18.2. The van der Waals surface area contributed by atoms with Crippen LogP contribution in [-0.4, -0.2) is 57.5 Å². The van der Waals surface area contributed by atoms with Gasteiger partial charge in [0, 0.05) is 17.1 Å². The van der Waals surface area contributed by atoms with Crippen LogP contribution >= 0.6 is 11.6 Å². The van der Waals surface area contributed by atoms with Gasteiger partial charge >= 0.3 is 0 Å². The Labute approximate surface area is 247 Å². The number of methoxy groups -OCH3 is 2. The molecule has 0 aromatic heterocycles. The first-order chi connectivity index (χ1) is 19.2. The highest BCUT2D eigenvalue weighted by Gasteiger charge is 2.33. The molecule has 1 atom stereocenters. The van der Waals surface area contributed by atoms with Crippen molar-refractivity contribution in [2.24, 2.45) is 0 Å². The molecule has 0 radical (unpaired) electrons. The largest absolute Gasteiger partial charge is 0.497 e. The Hall–Kier alpha value is -3.76. The number of carbonyl (C=O) groups is 2. The van der Waals surface area contributed by atoms with E-state index >= 15 is 0 Å². The molecule has 220 valence electrons. The highest BCUT2D eigenvalue weighted by molar-refractivity contribution is 7.92. The maximum Gasteiger partial charge on any atom is 0.264 e. The molecule has 3 aromatic carbocycles. The van der Waals surface area contributed by atoms with Crippen molar-refractivity contribution < 1.29 is 27.5 Å². The summed E-state index contributed by atoms with van der Waals surface area (Å²) in [5, 5.41) is 3.32. The van der Waals surface area contributed by atoms with E-state index in [0.29, 0.717) is 22.1 Å². The third-order valence-electron chi connectivity index (χ3n) is 6.19. The van der Waals surface area contributed by atoms with Gasteiger partial charge in [-0.25, -0.2) is 8.42 Å². The quantitative estimate of drug-likeness (QED) is 0.336. The standard InChI is InChI=1S/C30H36ClN3O6S/c1-21(29(36)32-30(2,3)4)33(19-22-8-7-9-26(18-22)40-6)28(35)20-34(24-12-10-23(31)11-13-24)41(37,38)27-16-14-25(39-5)15-17-27/h7-18,21H,19-20H2,1-6H3,(H,32,36). The minimum Gasteiger partial charge on any atom is -0.497 e. The van der Waals surface area contributed by atoms with Gasteiger partial charge in [-0.05, 0) is 93.9 Å². The second-order valence-corrected chi connectivity index (χ2v) is 12.8. The Morgan fingerprint density at radius 2 is 1.54 bits per heavy atom. The number of nitrogens with zero attached hydrogens (tertiary/aromatic N) is 2. The Bertz CT molecular complexity index is 1450. The normalized spacial score (nSPS) is 12.3. The molecular weight excluding hydrogens is 566 g/mol. The fraction of sp³-hybridized carbons (Fsp3) is 0.333. The summed E-state index contributed by atoms with van der Waals surface area (Å²) in [6.07, 6.45) is 0. The number of benzene rings is 3. The summed E-state index contributed by atoms with van der Waals surface area (Å²) in [5.41, 5.74) is 0.416. The van der Waals surface area contributed by atoms with E-state index in [9.17, 15) is 18.0 Å². The second-order valence-electron chi connectivity index (χ2n) is 10.5. The summed E-state index contributed by atoms with van der Waals surface area (Å²) in [6.45, 7) is 6.63. The molecule has 1 unspecified atom stereocenters. The molecule has 9 nitrogen and oxygen atoms in total. The molecule has 0 aliphatic rings. The third kappa shape index (κ3) is 8.37. The van der Waals surface area contributed by atoms with Gasteiger partial charge < -0.3 is 19.7 Å². The van der Waals surface area contributed by atoms with E-state index in [0.717, 1.165) is 4.31 Å². The Morgan fingerprint density at radius 1 is 0.927 bits per heavy atom. The van der Waals surface area contributed by atoms with Crippen LogP contribution in [0, 0.1) is 0 Å². The van der Waals surface area contributed by atoms with Crippen molar-refractivity contribution in [3.8, 4) is 11.5 Å². The molecular formula is C30H36ClN3O6S. The number of hydrogen-bond acceptors (Lipinski definition) is 6. The van der Waals surface area contributed by atoms with E-state index in [4.69, 9.17) is 21.1 Å². The van der Waals surface area contributed by atoms with Crippen molar-refractivity contribution in [3.05, 3.63) is 83.4 Å². The van der Waals surface area contributed by atoms with Gasteiger partial charge in [-0.15, -0.1) is 0 Å². The van der Waals surface area contributed by atoms with Crippen molar-refractivity contribution in [2.75, 3.05) is 25.1 Å². The van der Waals surface area contributed by atoms with Gasteiger partial charge in [0.15, 0.2) is 0 Å². The fourth-order valence-corrected chi connectivity index (χ4v) is 5.58. The Kier molecular flexibility index (Phi) is 10.3. The van der Waals surface area contributed by atoms with Crippen molar-refractivity contribution in [1.82, 2.24) is 10.2 Å². The van der Waals surface area contributed by atoms with Gasteiger partial charge in [0.1, 0.15) is 24.1 Å². The summed E-state index contributed by atoms with van der Waals surface area (Å²) in [7, 11) is -1.19. The number of sulfonamides is 1. The first kappa shape index (κ1) is 31.8. The molecule has 3 rings (SSSR count). The minimum atomic E-state index is -4.21. The number of hydrogen-bond donors (Lipinski definition) is 1. The average molecular weight is 602 g/mol. The molecule has 0 spiro atoms. The van der Waals surface area contributed by atoms with Crippen LogP contribution in [0.5, 0.6) is 11.5 Å². The number of amides is 2. The highest BCUT2D eigenvalue weighted by atomic mass is 35.5. The molecule has 2 amide bonds. The van der Waals surface area contributed by atoms with E-state index in [1.165, 1.54) is 55.5 Å². The van der Waals surface area contributed by atoms with Gasteiger partial charge in [-0.1, -0.05) is 23.7 Å². The number of anilines is 1. The van der Waals surface area contributed by atoms with Gasteiger partial charge in [0.25, 0.3) is 10.0 Å². The lowest BCUT2D eigenvalue weighted by molar-refractivity contribution is -0.140. The smallest absolute Gasteiger partial charge is 0.264 e. The summed E-state index contributed by atoms with van der Waals surface area (Å²) in [4.78, 5) is 28.5. The van der Waals surface area contributed by atoms with Crippen LogP contribution in [0.2, 0.25) is 5.02 Å². The molecule has 0 saturated heterocycles. The zero-order valence-electron chi connectivity index (χ0n) is 24.0. The van der Waals surface area contributed by atoms with E-state index in [-0.39, 0.29) is 23.0 Å². The van der Waals surface area contributed by atoms with Gasteiger partial charge in [0.2, 0.25) is 11.8 Å². The fourth-order valence-electron chi connectivity index (χ4n) is 4.04. The number of carbonyl (C=O) groups excluding carboxylic acids is 2. The van der Waals surface area contributed by atoms with Crippen LogP contribution in [-0.2, 0) is 26.2 Å². The van der Waals surface area contributed by atoms with Crippen LogP contribution in [0.25, 0.3) is 0 Å². The van der Waals surface area contributed by atoms with Gasteiger partial charge in [-0.3, -0.25) is 13.9 Å². The maximum atomic E-state index is 14.0. The highest BCUT2D eigenvalue weighted by Crippen LogP contribution is 2.27. The molecule has 0 aliphatic carbocycles. The van der Waals surface area contributed by atoms with E-state index in [1.54, 1.807) is 37.3 Å². The number of ether oxygens (including phenoxy) is 2. The summed E-state index contributed by atoms with van der Waals surface area (Å²) >= 11 is 6.07. The van der Waals surface area contributed by atoms with Crippen LogP contribution in [0.3, 0.4) is 0 Å². The molecule has 0 bridgehead atoms. The van der Waals surface area contributed by atoms with Crippen molar-refractivity contribution in [1.29, 1.82) is 0 Å². The number of halogens is 1. The first-order valence-corrected chi connectivity index (χ1v) is 14.7. The molecule has 0 fully saturated rings. The predicted molar refractivity (Wildman–Crippen MR) is 160 cm³/mol. The molecule has 0 heterocycles. The topological polar surface area (TPSA) is 105 Å². The lowest BCUT2D eigenvalue weighted by atomic mass is 10.1. The number of rotatable bonds is 11. The summed E-state index contributed by atoms with van der Waals surface area (Å²) < 4.78 is 39.3. The van der Waals surface area contributed by atoms with Crippen LogP contribution in [0.15, 0.2) is 77.7 Å². The number of nitrogens with one attached hydrogen (secondary N) is 1. The molecule has 41 heavy (non-hydrogen) atoms. The monoisotopic (exact) mass is 601 g/mol. The van der Waals surface area contributed by atoms with E-state index in [1.807, 2.05) is 26.8 Å². The van der Waals surface area contributed by atoms with Crippen LogP contribution in [0.4, 0.5) is 5.69 Å². The molecule has 0 saturated carbocycles. The van der Waals surface area contributed by atoms with E-state index in [2.05, 4.69) is 5.32 Å². The zero-order chi connectivity index (χ0) is 30.4. The van der Waals surface area contributed by atoms with Gasteiger partial charge in [0.05, 0.1) is 24.8 Å². The molecule has 1 N–H and O–H groups in total. The lowest BCUT2D eigenvalue weighted by Crippen LogP contribution is -2.54. The maximum absolute atomic E-state index is 14.0. The molecule has 0 aliphatic heterocycles. The Morgan fingerprint density at radius 3 is 2.10 bits per heavy atom. The van der Waals surface area contributed by atoms with Crippen molar-refractivity contribution in [3.63, 3.8) is 0 Å². The van der Waals surface area contributed by atoms with Gasteiger partial charge in [-0.2, -0.15) is 0 Å². The summed E-state index contributed by atoms with van der Waals surface area (Å²) in [5.74, 6) is 0.133. The Balaban J connectivity index is 2.04. The predicted octanol–water partition coefficient (Wildman–Crippen LogP) is 4.88. The lowest BCUT2D eigenvalue weighted by Gasteiger charge is -2.33. The zero-order valence-corrected chi connectivity index (χ0v) is 25.6. The first-order valence-electron chi connectivity index (χ1n) is 12.9. The second kappa shape index (κ2) is 13.3. The van der Waals surface area contributed by atoms with Crippen LogP contribution < -0.4 is 19.1 Å². The third-order valence-corrected chi connectivity index (χ3v) is 8.23. The van der Waals surface area contributed by atoms with Crippen LogP contribution in [0.1, 0.15) is 33.3 Å². The average Bonchev–Trinajstić information content (AvgIpc) is 2.93.